The summed E-state index contributed by atoms with van der Waals surface area (Å²) in [4.78, 5) is 42.8. The van der Waals surface area contributed by atoms with Gasteiger partial charge in [0.05, 0.1) is 40.0 Å². The van der Waals surface area contributed by atoms with Crippen molar-refractivity contribution >= 4 is 29.1 Å². The smallest absolute Gasteiger partial charge is 0.338 e. The molecule has 6 rings (SSSR count). The van der Waals surface area contributed by atoms with E-state index in [-0.39, 0.29) is 36.8 Å². The molecule has 0 spiro atoms. The number of carbonyl (C=O) groups excluding carboxylic acids is 1. The van der Waals surface area contributed by atoms with Crippen molar-refractivity contribution in [2.75, 3.05) is 20.0 Å². The van der Waals surface area contributed by atoms with Gasteiger partial charge in [-0.15, -0.1) is 0 Å². The van der Waals surface area contributed by atoms with Crippen LogP contribution in [0.3, 0.4) is 0 Å². The van der Waals surface area contributed by atoms with E-state index in [4.69, 9.17) is 23.7 Å². The molecule has 1 atom stereocenters. The second-order valence-electron chi connectivity index (χ2n) is 10.3. The number of hydrogen-bond acceptors (Lipinski definition) is 11. The van der Waals surface area contributed by atoms with Crippen molar-refractivity contribution in [2.24, 2.45) is 4.99 Å². The largest absolute Gasteiger partial charge is 0.490 e. The van der Waals surface area contributed by atoms with Crippen molar-refractivity contribution < 1.29 is 33.4 Å². The highest BCUT2D eigenvalue weighted by Crippen LogP contribution is 2.38. The number of rotatable bonds is 10. The number of esters is 1. The van der Waals surface area contributed by atoms with Crippen LogP contribution in [0.15, 0.2) is 81.7 Å². The van der Waals surface area contributed by atoms with E-state index >= 15 is 0 Å². The monoisotopic (exact) mass is 643 g/mol. The Morgan fingerprint density at radius 3 is 2.57 bits per heavy atom. The minimum Gasteiger partial charge on any atom is -0.490 e. The van der Waals surface area contributed by atoms with Crippen molar-refractivity contribution in [3.05, 3.63) is 118 Å². The molecule has 13 heteroatoms. The molecule has 3 heterocycles. The Balaban J connectivity index is 1.36. The first-order chi connectivity index (χ1) is 22.3. The molecular weight excluding hydrogens is 614 g/mol. The first-order valence-corrected chi connectivity index (χ1v) is 15.3. The number of nitro groups is 1. The van der Waals surface area contributed by atoms with Gasteiger partial charge < -0.3 is 23.7 Å². The van der Waals surface area contributed by atoms with Crippen LogP contribution in [0, 0.1) is 10.1 Å². The fourth-order valence-corrected chi connectivity index (χ4v) is 6.27. The Hall–Kier alpha value is -5.43. The lowest BCUT2D eigenvalue weighted by Gasteiger charge is -2.24. The topological polar surface area (TPSA) is 141 Å². The van der Waals surface area contributed by atoms with Crippen molar-refractivity contribution in [1.82, 2.24) is 4.57 Å². The van der Waals surface area contributed by atoms with Crippen LogP contribution in [-0.2, 0) is 16.1 Å². The molecule has 3 aromatic carbocycles. The zero-order valence-corrected chi connectivity index (χ0v) is 26.0. The number of fused-ring (bicyclic) bond motifs is 2. The zero-order chi connectivity index (χ0) is 32.4. The quantitative estimate of drug-likeness (QED) is 0.140. The summed E-state index contributed by atoms with van der Waals surface area (Å²) in [6.07, 6.45) is 1.74. The number of carbonyl (C=O) groups is 1. The minimum atomic E-state index is -0.791. The standard InChI is InChI=1S/C33H29N3O9S/c1-4-41-26-14-21(8-12-24(26)43-17-20-6-10-23(11-7-20)36(39)40)15-28-31(37)35-30(22-9-13-25-27(16-22)45-18-44-25)29(32(38)42-5-2)19(3)34-33(35)46-28/h6-16,30H,4-5,17-18H2,1-3H3/b28-15-/t30-/m0/s1. The lowest BCUT2D eigenvalue weighted by atomic mass is 9.95. The van der Waals surface area contributed by atoms with Gasteiger partial charge in [-0.1, -0.05) is 23.5 Å². The SMILES string of the molecule is CCOC(=O)C1=C(C)N=c2s/c(=C\c3ccc(OCc4ccc([N+](=O)[O-])cc4)c(OCC)c3)c(=O)n2[C@H]1c1ccc2c(c1)OCO2. The third-order valence-corrected chi connectivity index (χ3v) is 8.32. The molecule has 2 aliphatic heterocycles. The van der Waals surface area contributed by atoms with Crippen LogP contribution < -0.4 is 33.8 Å². The van der Waals surface area contributed by atoms with Crippen LogP contribution in [-0.4, -0.2) is 35.5 Å². The molecule has 0 unspecified atom stereocenters. The number of nitro benzene ring substituents is 1. The molecule has 2 aliphatic rings. The van der Waals surface area contributed by atoms with E-state index in [1.54, 1.807) is 68.5 Å². The van der Waals surface area contributed by atoms with Gasteiger partial charge in [0.1, 0.15) is 6.61 Å². The molecule has 0 bridgehead atoms. The van der Waals surface area contributed by atoms with Gasteiger partial charge in [0, 0.05) is 12.1 Å². The van der Waals surface area contributed by atoms with E-state index in [0.717, 1.165) is 5.56 Å². The molecule has 4 aromatic rings. The Bertz CT molecular complexity index is 2050. The summed E-state index contributed by atoms with van der Waals surface area (Å²) in [6.45, 7) is 6.12. The highest BCUT2D eigenvalue weighted by molar-refractivity contribution is 7.07. The van der Waals surface area contributed by atoms with Crippen LogP contribution >= 0.6 is 11.3 Å². The van der Waals surface area contributed by atoms with E-state index in [1.807, 2.05) is 6.92 Å². The predicted octanol–water partition coefficient (Wildman–Crippen LogP) is 4.41. The third-order valence-electron chi connectivity index (χ3n) is 7.34. The van der Waals surface area contributed by atoms with E-state index in [9.17, 15) is 19.7 Å². The van der Waals surface area contributed by atoms with E-state index < -0.39 is 16.9 Å². The number of hydrogen-bond donors (Lipinski definition) is 0. The maximum atomic E-state index is 14.0. The Kier molecular flexibility index (Phi) is 8.57. The van der Waals surface area contributed by atoms with Crippen molar-refractivity contribution in [3.63, 3.8) is 0 Å². The lowest BCUT2D eigenvalue weighted by molar-refractivity contribution is -0.384. The maximum Gasteiger partial charge on any atom is 0.338 e. The molecular formula is C33H29N3O9S. The first-order valence-electron chi connectivity index (χ1n) is 14.5. The van der Waals surface area contributed by atoms with E-state index in [1.165, 1.54) is 28.0 Å². The van der Waals surface area contributed by atoms with Crippen LogP contribution in [0.2, 0.25) is 0 Å². The van der Waals surface area contributed by atoms with Crippen molar-refractivity contribution in [2.45, 2.75) is 33.4 Å². The van der Waals surface area contributed by atoms with Gasteiger partial charge in [-0.3, -0.25) is 19.5 Å². The molecule has 0 amide bonds. The molecule has 0 N–H and O–H groups in total. The summed E-state index contributed by atoms with van der Waals surface area (Å²) in [5.41, 5.74) is 2.52. The van der Waals surface area contributed by atoms with E-state index in [2.05, 4.69) is 4.99 Å². The number of thiazole rings is 1. The zero-order valence-electron chi connectivity index (χ0n) is 25.2. The number of aromatic nitrogens is 1. The van der Waals surface area contributed by atoms with Crippen molar-refractivity contribution in [1.29, 1.82) is 0 Å². The van der Waals surface area contributed by atoms with Gasteiger partial charge in [-0.05, 0) is 79.9 Å². The second kappa shape index (κ2) is 12.9. The van der Waals surface area contributed by atoms with Gasteiger partial charge in [0.15, 0.2) is 27.8 Å². The van der Waals surface area contributed by atoms with Gasteiger partial charge >= 0.3 is 5.97 Å². The summed E-state index contributed by atoms with van der Waals surface area (Å²) >= 11 is 1.21. The highest BCUT2D eigenvalue weighted by atomic mass is 32.1. The molecule has 12 nitrogen and oxygen atoms in total. The fourth-order valence-electron chi connectivity index (χ4n) is 5.22. The molecule has 0 saturated carbocycles. The number of nitrogens with zero attached hydrogens (tertiary/aromatic N) is 3. The average molecular weight is 644 g/mol. The molecule has 0 aliphatic carbocycles. The van der Waals surface area contributed by atoms with Gasteiger partial charge in [-0.2, -0.15) is 0 Å². The second-order valence-corrected chi connectivity index (χ2v) is 11.3. The maximum absolute atomic E-state index is 14.0. The van der Waals surface area contributed by atoms with Crippen LogP contribution in [0.4, 0.5) is 5.69 Å². The molecule has 0 fully saturated rings. The summed E-state index contributed by atoms with van der Waals surface area (Å²) < 4.78 is 30.2. The van der Waals surface area contributed by atoms with Gasteiger partial charge in [-0.25, -0.2) is 9.79 Å². The number of non-ortho nitro benzene ring substituents is 1. The molecule has 46 heavy (non-hydrogen) atoms. The normalized spacial score (nSPS) is 15.3. The molecule has 1 aromatic heterocycles. The lowest BCUT2D eigenvalue weighted by Crippen LogP contribution is -2.39. The van der Waals surface area contributed by atoms with Crippen molar-refractivity contribution in [3.8, 4) is 23.0 Å². The first kappa shape index (κ1) is 30.6. The number of ether oxygens (including phenoxy) is 5. The van der Waals surface area contributed by atoms with Crippen LogP contribution in [0.1, 0.15) is 43.5 Å². The minimum absolute atomic E-state index is 0.00267. The summed E-state index contributed by atoms with van der Waals surface area (Å²) in [5, 5.41) is 10.9. The summed E-state index contributed by atoms with van der Waals surface area (Å²) in [6, 6.07) is 16.0. The summed E-state index contributed by atoms with van der Waals surface area (Å²) in [7, 11) is 0. The fraction of sp³-hybridized carbons (Fsp3) is 0.242. The Morgan fingerprint density at radius 1 is 1.04 bits per heavy atom. The molecule has 236 valence electrons. The van der Waals surface area contributed by atoms with Gasteiger partial charge in [0.2, 0.25) is 6.79 Å². The van der Waals surface area contributed by atoms with Crippen LogP contribution in [0.5, 0.6) is 23.0 Å². The van der Waals surface area contributed by atoms with Crippen LogP contribution in [0.25, 0.3) is 6.08 Å². The highest BCUT2D eigenvalue weighted by Gasteiger charge is 2.34. The average Bonchev–Trinajstić information content (AvgIpc) is 3.63. The molecule has 0 saturated heterocycles. The van der Waals surface area contributed by atoms with E-state index in [0.29, 0.717) is 55.8 Å². The Morgan fingerprint density at radius 2 is 1.83 bits per heavy atom. The van der Waals surface area contributed by atoms with Gasteiger partial charge in [0.25, 0.3) is 11.2 Å². The summed E-state index contributed by atoms with van der Waals surface area (Å²) in [5.74, 6) is 1.52. The Labute approximate surface area is 266 Å². The number of benzene rings is 3. The molecule has 0 radical (unpaired) electrons. The third kappa shape index (κ3) is 5.96. The predicted molar refractivity (Wildman–Crippen MR) is 168 cm³/mol. The number of allylic oxidation sites excluding steroid dienone is 1.